The number of hydrogen-bond acceptors (Lipinski definition) is 7. The zero-order valence-electron chi connectivity index (χ0n) is 20.1. The number of carbonyl (C=O) groups excluding carboxylic acids is 2. The quantitative estimate of drug-likeness (QED) is 0.187. The minimum atomic E-state index is -0.951. The Morgan fingerprint density at radius 1 is 0.973 bits per heavy atom. The number of aromatic nitrogens is 1. The Morgan fingerprint density at radius 3 is 2.22 bits per heavy atom. The first-order valence-corrected chi connectivity index (χ1v) is 12.6. The lowest BCUT2D eigenvalue weighted by atomic mass is 9.95. The molecular formula is C28H23FN2O5S. The molecule has 188 valence electrons. The fraction of sp³-hybridized carbons (Fsp3) is 0.179. The maximum absolute atomic E-state index is 13.8. The summed E-state index contributed by atoms with van der Waals surface area (Å²) >= 11 is 1.10. The summed E-state index contributed by atoms with van der Waals surface area (Å²) in [5.74, 6) is -1.16. The van der Waals surface area contributed by atoms with Gasteiger partial charge in [0, 0.05) is 5.56 Å². The van der Waals surface area contributed by atoms with Gasteiger partial charge in [-0.05, 0) is 74.0 Å². The third kappa shape index (κ3) is 4.53. The molecule has 0 unspecified atom stereocenters. The maximum atomic E-state index is 13.8. The summed E-state index contributed by atoms with van der Waals surface area (Å²) in [7, 11) is 0. The molecule has 1 saturated heterocycles. The Hall–Kier alpha value is -4.24. The van der Waals surface area contributed by atoms with Gasteiger partial charge in [-0.15, -0.1) is 0 Å². The van der Waals surface area contributed by atoms with Crippen LogP contribution in [0.5, 0.6) is 11.5 Å². The lowest BCUT2D eigenvalue weighted by molar-refractivity contribution is -0.132. The van der Waals surface area contributed by atoms with E-state index in [1.165, 1.54) is 23.1 Å². The van der Waals surface area contributed by atoms with E-state index in [4.69, 9.17) is 9.47 Å². The Balaban J connectivity index is 1.66. The van der Waals surface area contributed by atoms with E-state index in [9.17, 15) is 19.1 Å². The largest absolute Gasteiger partial charge is 0.507 e. The molecule has 1 N–H and O–H groups in total. The standard InChI is InChI=1S/C28H23FN2O5S/c1-3-35-19-10-5-16(6-11-19)24-23(25(32)17-7-12-20(13-8-17)36-4-2)26(33)27(34)31(24)28-30-21-14-9-18(29)15-22(21)37-28/h5-15,24,32H,3-4H2,1-2H3/t24-/m1/s1. The van der Waals surface area contributed by atoms with Crippen LogP contribution in [0.15, 0.2) is 72.3 Å². The third-order valence-electron chi connectivity index (χ3n) is 5.94. The second-order valence-electron chi connectivity index (χ2n) is 8.24. The number of Topliss-reactive ketones (excluding diaryl/α,β-unsaturated/α-hetero) is 1. The zero-order chi connectivity index (χ0) is 26.1. The number of anilines is 1. The van der Waals surface area contributed by atoms with Gasteiger partial charge in [-0.25, -0.2) is 9.37 Å². The number of fused-ring (bicyclic) bond motifs is 1. The van der Waals surface area contributed by atoms with Crippen LogP contribution in [0.4, 0.5) is 9.52 Å². The summed E-state index contributed by atoms with van der Waals surface area (Å²) in [6.45, 7) is 4.70. The van der Waals surface area contributed by atoms with Crippen LogP contribution < -0.4 is 14.4 Å². The average Bonchev–Trinajstić information content (AvgIpc) is 3.42. The number of ketones is 1. The number of rotatable bonds is 7. The van der Waals surface area contributed by atoms with Gasteiger partial charge in [0.25, 0.3) is 5.78 Å². The highest BCUT2D eigenvalue weighted by atomic mass is 32.1. The van der Waals surface area contributed by atoms with Crippen molar-refractivity contribution in [3.8, 4) is 11.5 Å². The predicted octanol–water partition coefficient (Wildman–Crippen LogP) is 5.86. The normalized spacial score (nSPS) is 16.9. The Bertz CT molecular complexity index is 1510. The van der Waals surface area contributed by atoms with Gasteiger partial charge in [0.05, 0.1) is 35.0 Å². The number of ether oxygens (including phenoxy) is 2. The molecule has 1 aromatic heterocycles. The number of amides is 1. The van der Waals surface area contributed by atoms with Crippen molar-refractivity contribution in [3.63, 3.8) is 0 Å². The van der Waals surface area contributed by atoms with Crippen molar-refractivity contribution >= 4 is 44.1 Å². The van der Waals surface area contributed by atoms with Crippen molar-refractivity contribution < 1.29 is 28.6 Å². The summed E-state index contributed by atoms with van der Waals surface area (Å²) in [6, 6.07) is 16.8. The molecule has 0 spiro atoms. The van der Waals surface area contributed by atoms with E-state index in [0.29, 0.717) is 46.1 Å². The van der Waals surface area contributed by atoms with E-state index < -0.39 is 23.5 Å². The molecule has 5 rings (SSSR count). The highest BCUT2D eigenvalue weighted by molar-refractivity contribution is 7.22. The van der Waals surface area contributed by atoms with E-state index >= 15 is 0 Å². The molecule has 37 heavy (non-hydrogen) atoms. The maximum Gasteiger partial charge on any atom is 0.301 e. The van der Waals surface area contributed by atoms with E-state index in [0.717, 1.165) is 11.3 Å². The molecule has 1 amide bonds. The molecule has 0 saturated carbocycles. The highest BCUT2D eigenvalue weighted by Crippen LogP contribution is 2.44. The first-order chi connectivity index (χ1) is 17.9. The molecule has 7 nitrogen and oxygen atoms in total. The molecule has 1 atom stereocenters. The summed E-state index contributed by atoms with van der Waals surface area (Å²) < 4.78 is 25.4. The first-order valence-electron chi connectivity index (χ1n) is 11.7. The fourth-order valence-electron chi connectivity index (χ4n) is 4.28. The van der Waals surface area contributed by atoms with Crippen LogP contribution in [0, 0.1) is 5.82 Å². The molecule has 1 fully saturated rings. The van der Waals surface area contributed by atoms with Crippen LogP contribution in [-0.2, 0) is 9.59 Å². The lowest BCUT2D eigenvalue weighted by Crippen LogP contribution is -2.29. The number of aliphatic hydroxyl groups is 1. The Labute approximate surface area is 216 Å². The van der Waals surface area contributed by atoms with Crippen molar-refractivity contribution in [2.75, 3.05) is 18.1 Å². The van der Waals surface area contributed by atoms with Crippen molar-refractivity contribution in [2.24, 2.45) is 0 Å². The van der Waals surface area contributed by atoms with Crippen molar-refractivity contribution in [1.29, 1.82) is 0 Å². The van der Waals surface area contributed by atoms with Crippen LogP contribution in [0.1, 0.15) is 31.0 Å². The minimum absolute atomic E-state index is 0.0660. The second kappa shape index (κ2) is 10.0. The summed E-state index contributed by atoms with van der Waals surface area (Å²) in [5, 5.41) is 11.5. The minimum Gasteiger partial charge on any atom is -0.507 e. The SMILES string of the molecule is CCOc1ccc(C(O)=C2C(=O)C(=O)N(c3nc4ccc(F)cc4s3)[C@@H]2c2ccc(OCC)cc2)cc1. The highest BCUT2D eigenvalue weighted by Gasteiger charge is 2.48. The lowest BCUT2D eigenvalue weighted by Gasteiger charge is -2.23. The smallest absolute Gasteiger partial charge is 0.301 e. The van der Waals surface area contributed by atoms with Crippen LogP contribution >= 0.6 is 11.3 Å². The number of thiazole rings is 1. The molecule has 1 aliphatic rings. The monoisotopic (exact) mass is 518 g/mol. The van der Waals surface area contributed by atoms with Crippen LogP contribution in [0.25, 0.3) is 16.0 Å². The van der Waals surface area contributed by atoms with Gasteiger partial charge in [0.15, 0.2) is 5.13 Å². The molecule has 4 aromatic rings. The third-order valence-corrected chi connectivity index (χ3v) is 6.95. The van der Waals surface area contributed by atoms with E-state index in [1.807, 2.05) is 13.8 Å². The molecule has 1 aliphatic heterocycles. The summed E-state index contributed by atoms with van der Waals surface area (Å²) in [6.07, 6.45) is 0. The zero-order valence-corrected chi connectivity index (χ0v) is 20.9. The number of benzene rings is 3. The van der Waals surface area contributed by atoms with Gasteiger partial charge in [-0.1, -0.05) is 23.5 Å². The topological polar surface area (TPSA) is 89.0 Å². The first kappa shape index (κ1) is 24.5. The van der Waals surface area contributed by atoms with Crippen molar-refractivity contribution in [3.05, 3.63) is 89.2 Å². The van der Waals surface area contributed by atoms with Crippen LogP contribution in [0.3, 0.4) is 0 Å². The van der Waals surface area contributed by atoms with E-state index in [-0.39, 0.29) is 16.5 Å². The Morgan fingerprint density at radius 2 is 1.59 bits per heavy atom. The molecule has 0 radical (unpaired) electrons. The van der Waals surface area contributed by atoms with Crippen molar-refractivity contribution in [1.82, 2.24) is 4.98 Å². The summed E-state index contributed by atoms with van der Waals surface area (Å²) in [4.78, 5) is 32.5. The Kier molecular flexibility index (Phi) is 6.62. The van der Waals surface area contributed by atoms with Crippen LogP contribution in [-0.4, -0.2) is 35.0 Å². The van der Waals surface area contributed by atoms with Gasteiger partial charge < -0.3 is 14.6 Å². The van der Waals surface area contributed by atoms with Gasteiger partial charge in [-0.2, -0.15) is 0 Å². The molecule has 3 aromatic carbocycles. The second-order valence-corrected chi connectivity index (χ2v) is 9.25. The summed E-state index contributed by atoms with van der Waals surface area (Å²) in [5.41, 5.74) is 1.38. The van der Waals surface area contributed by atoms with Gasteiger partial charge in [0.2, 0.25) is 0 Å². The number of hydrogen-bond donors (Lipinski definition) is 1. The molecule has 0 aliphatic carbocycles. The number of carbonyl (C=O) groups is 2. The molecule has 9 heteroatoms. The number of halogens is 1. The van der Waals surface area contributed by atoms with Crippen molar-refractivity contribution in [2.45, 2.75) is 19.9 Å². The average molecular weight is 519 g/mol. The van der Waals surface area contributed by atoms with Gasteiger partial charge >= 0.3 is 5.91 Å². The number of nitrogens with zero attached hydrogens (tertiary/aromatic N) is 2. The van der Waals surface area contributed by atoms with E-state index in [2.05, 4.69) is 4.98 Å². The molecule has 0 bridgehead atoms. The number of aliphatic hydroxyl groups excluding tert-OH is 1. The van der Waals surface area contributed by atoms with E-state index in [1.54, 1.807) is 48.5 Å². The molecule has 2 heterocycles. The predicted molar refractivity (Wildman–Crippen MR) is 140 cm³/mol. The molecular weight excluding hydrogens is 495 g/mol. The van der Waals surface area contributed by atoms with Gasteiger partial charge in [0.1, 0.15) is 23.1 Å². The van der Waals surface area contributed by atoms with Gasteiger partial charge in [-0.3, -0.25) is 14.5 Å². The van der Waals surface area contributed by atoms with Crippen LogP contribution in [0.2, 0.25) is 0 Å². The fourth-order valence-corrected chi connectivity index (χ4v) is 5.30.